The molecule has 1 saturated carbocycles. The highest BCUT2D eigenvalue weighted by molar-refractivity contribution is 7.99. The molecule has 1 fully saturated rings. The predicted octanol–water partition coefficient (Wildman–Crippen LogP) is 2.61. The maximum Gasteiger partial charge on any atom is 0.307 e. The third-order valence-corrected chi connectivity index (χ3v) is 4.36. The second-order valence-electron chi connectivity index (χ2n) is 5.35. The first-order valence-corrected chi connectivity index (χ1v) is 8.18. The smallest absolute Gasteiger partial charge is 0.307 e. The van der Waals surface area contributed by atoms with Crippen molar-refractivity contribution in [1.29, 1.82) is 0 Å². The molecule has 1 aromatic rings. The van der Waals surface area contributed by atoms with E-state index in [9.17, 15) is 9.59 Å². The molecule has 21 heavy (non-hydrogen) atoms. The van der Waals surface area contributed by atoms with Crippen LogP contribution < -0.4 is 5.32 Å². The van der Waals surface area contributed by atoms with Crippen LogP contribution in [-0.4, -0.2) is 30.3 Å². The van der Waals surface area contributed by atoms with Gasteiger partial charge in [0, 0.05) is 16.7 Å². The molecule has 0 heterocycles. The van der Waals surface area contributed by atoms with E-state index >= 15 is 0 Å². The average molecular weight is 307 g/mol. The van der Waals surface area contributed by atoms with E-state index in [1.807, 2.05) is 0 Å². The molecule has 114 valence electrons. The van der Waals surface area contributed by atoms with Crippen molar-refractivity contribution in [2.24, 2.45) is 0 Å². The molecule has 0 aromatic heterocycles. The van der Waals surface area contributed by atoms with Crippen LogP contribution in [0.25, 0.3) is 0 Å². The summed E-state index contributed by atoms with van der Waals surface area (Å²) in [4.78, 5) is 24.1. The van der Waals surface area contributed by atoms with Gasteiger partial charge in [-0.2, -0.15) is 0 Å². The van der Waals surface area contributed by atoms with Gasteiger partial charge in [-0.25, -0.2) is 0 Å². The molecule has 1 aliphatic rings. The van der Waals surface area contributed by atoms with E-state index in [0.29, 0.717) is 18.2 Å². The first-order valence-electron chi connectivity index (χ1n) is 7.19. The van der Waals surface area contributed by atoms with Crippen molar-refractivity contribution in [3.63, 3.8) is 0 Å². The molecule has 5 heteroatoms. The molecule has 0 spiro atoms. The van der Waals surface area contributed by atoms with Crippen molar-refractivity contribution < 1.29 is 14.3 Å². The molecule has 1 aromatic carbocycles. The number of carbonyl (C=O) groups excluding carboxylic acids is 2. The Morgan fingerprint density at radius 1 is 1.29 bits per heavy atom. The molecular formula is C16H21NO3S. The fraction of sp³-hybridized carbons (Fsp3) is 0.500. The minimum Gasteiger partial charge on any atom is -0.456 e. The summed E-state index contributed by atoms with van der Waals surface area (Å²) in [6, 6.07) is 6.56. The monoisotopic (exact) mass is 307 g/mol. The molecule has 0 radical (unpaired) electrons. The molecule has 0 saturated heterocycles. The second-order valence-corrected chi connectivity index (χ2v) is 6.52. The van der Waals surface area contributed by atoms with Crippen molar-refractivity contribution in [3.05, 3.63) is 29.3 Å². The Bertz CT molecular complexity index is 526. The Kier molecular flexibility index (Phi) is 5.67. The lowest BCUT2D eigenvalue weighted by molar-refractivity contribution is -0.148. The summed E-state index contributed by atoms with van der Waals surface area (Å²) >= 11 is 1.63. The first-order chi connectivity index (χ1) is 10.0. The topological polar surface area (TPSA) is 55.4 Å². The fourth-order valence-electron chi connectivity index (χ4n) is 1.77. The molecular weight excluding hydrogens is 286 g/mol. The van der Waals surface area contributed by atoms with E-state index in [1.165, 1.54) is 11.1 Å². The summed E-state index contributed by atoms with van der Waals surface area (Å²) in [6.07, 6.45) is 2.38. The van der Waals surface area contributed by atoms with Crippen LogP contribution in [0.3, 0.4) is 0 Å². The van der Waals surface area contributed by atoms with Crippen LogP contribution in [0.4, 0.5) is 0 Å². The molecule has 0 bridgehead atoms. The number of carbonyl (C=O) groups is 2. The van der Waals surface area contributed by atoms with Gasteiger partial charge in [-0.15, -0.1) is 11.8 Å². The average Bonchev–Trinajstić information content (AvgIpc) is 3.24. The Morgan fingerprint density at radius 3 is 2.71 bits per heavy atom. The molecule has 1 amide bonds. The number of nitrogens with one attached hydrogen (secondary N) is 1. The van der Waals surface area contributed by atoms with Gasteiger partial charge in [-0.3, -0.25) is 9.59 Å². The number of hydrogen-bond acceptors (Lipinski definition) is 4. The highest BCUT2D eigenvalue weighted by Gasteiger charge is 2.23. The Hall–Kier alpha value is -1.49. The zero-order chi connectivity index (χ0) is 15.2. The van der Waals surface area contributed by atoms with Crippen LogP contribution in [0.1, 0.15) is 30.4 Å². The van der Waals surface area contributed by atoms with Crippen LogP contribution in [0.15, 0.2) is 23.1 Å². The maximum absolute atomic E-state index is 11.5. The molecule has 1 N–H and O–H groups in total. The lowest BCUT2D eigenvalue weighted by atomic mass is 10.1. The van der Waals surface area contributed by atoms with Crippen molar-refractivity contribution >= 4 is 23.6 Å². The minimum absolute atomic E-state index is 0.163. The summed E-state index contributed by atoms with van der Waals surface area (Å²) in [5, 5.41) is 2.78. The fourth-order valence-corrected chi connectivity index (χ4v) is 2.70. The van der Waals surface area contributed by atoms with Gasteiger partial charge in [0.1, 0.15) is 0 Å². The van der Waals surface area contributed by atoms with Crippen LogP contribution in [0, 0.1) is 13.8 Å². The highest BCUT2D eigenvalue weighted by atomic mass is 32.2. The molecule has 2 rings (SSSR count). The highest BCUT2D eigenvalue weighted by Crippen LogP contribution is 2.21. The maximum atomic E-state index is 11.5. The number of rotatable bonds is 7. The van der Waals surface area contributed by atoms with Gasteiger partial charge in [0.2, 0.25) is 0 Å². The van der Waals surface area contributed by atoms with Crippen molar-refractivity contribution in [1.82, 2.24) is 5.32 Å². The Balaban J connectivity index is 1.61. The number of thioether (sulfide) groups is 1. The van der Waals surface area contributed by atoms with E-state index in [4.69, 9.17) is 4.74 Å². The van der Waals surface area contributed by atoms with E-state index in [-0.39, 0.29) is 18.5 Å². The van der Waals surface area contributed by atoms with Crippen LogP contribution in [-0.2, 0) is 14.3 Å². The van der Waals surface area contributed by atoms with Crippen molar-refractivity contribution in [2.75, 3.05) is 12.4 Å². The van der Waals surface area contributed by atoms with Gasteiger partial charge >= 0.3 is 5.97 Å². The van der Waals surface area contributed by atoms with Gasteiger partial charge in [-0.1, -0.05) is 6.07 Å². The zero-order valence-corrected chi connectivity index (χ0v) is 13.3. The SMILES string of the molecule is Cc1ccc(SCCC(=O)OCC(=O)NC2CC2)cc1C. The Morgan fingerprint density at radius 2 is 2.05 bits per heavy atom. The lowest BCUT2D eigenvalue weighted by Gasteiger charge is -2.06. The number of benzene rings is 1. The van der Waals surface area contributed by atoms with Crippen LogP contribution in [0.2, 0.25) is 0 Å². The molecule has 0 unspecified atom stereocenters. The van der Waals surface area contributed by atoms with E-state index in [0.717, 1.165) is 17.7 Å². The standard InChI is InChI=1S/C16H21NO3S/c1-11-3-6-14(9-12(11)2)21-8-7-16(19)20-10-15(18)17-13-4-5-13/h3,6,9,13H,4-5,7-8,10H2,1-2H3,(H,17,18). The predicted molar refractivity (Wildman–Crippen MR) is 83.4 cm³/mol. The molecule has 4 nitrogen and oxygen atoms in total. The third kappa shape index (κ3) is 5.79. The lowest BCUT2D eigenvalue weighted by Crippen LogP contribution is -2.30. The molecule has 0 aliphatic heterocycles. The number of hydrogen-bond donors (Lipinski definition) is 1. The summed E-state index contributed by atoms with van der Waals surface area (Å²) in [5.74, 6) is 0.135. The zero-order valence-electron chi connectivity index (χ0n) is 12.5. The first kappa shape index (κ1) is 15.9. The number of aryl methyl sites for hydroxylation is 2. The molecule has 1 aliphatic carbocycles. The second kappa shape index (κ2) is 7.50. The number of esters is 1. The number of amides is 1. The third-order valence-electron chi connectivity index (χ3n) is 3.36. The van der Waals surface area contributed by atoms with E-state index in [2.05, 4.69) is 37.4 Å². The normalized spacial score (nSPS) is 13.8. The van der Waals surface area contributed by atoms with Crippen molar-refractivity contribution in [3.8, 4) is 0 Å². The van der Waals surface area contributed by atoms with Crippen LogP contribution in [0.5, 0.6) is 0 Å². The van der Waals surface area contributed by atoms with Gasteiger partial charge < -0.3 is 10.1 Å². The summed E-state index contributed by atoms with van der Waals surface area (Å²) < 4.78 is 4.95. The van der Waals surface area contributed by atoms with Crippen molar-refractivity contribution in [2.45, 2.75) is 44.0 Å². The van der Waals surface area contributed by atoms with Gasteiger partial charge in [-0.05, 0) is 49.9 Å². The largest absolute Gasteiger partial charge is 0.456 e. The Labute approximate surface area is 129 Å². The summed E-state index contributed by atoms with van der Waals surface area (Å²) in [5.41, 5.74) is 2.51. The van der Waals surface area contributed by atoms with Gasteiger partial charge in [0.05, 0.1) is 6.42 Å². The quantitative estimate of drug-likeness (QED) is 0.621. The van der Waals surface area contributed by atoms with E-state index < -0.39 is 0 Å². The molecule has 0 atom stereocenters. The summed E-state index contributed by atoms with van der Waals surface area (Å²) in [6.45, 7) is 3.99. The number of ether oxygens (including phenoxy) is 1. The van der Waals surface area contributed by atoms with Gasteiger partial charge in [0.25, 0.3) is 5.91 Å². The van der Waals surface area contributed by atoms with Gasteiger partial charge in [0.15, 0.2) is 6.61 Å². The van der Waals surface area contributed by atoms with E-state index in [1.54, 1.807) is 11.8 Å². The summed E-state index contributed by atoms with van der Waals surface area (Å²) in [7, 11) is 0. The minimum atomic E-state index is -0.322. The van der Waals surface area contributed by atoms with Crippen LogP contribution >= 0.6 is 11.8 Å².